The van der Waals surface area contributed by atoms with Crippen LogP contribution in [0.2, 0.25) is 0 Å². The molecule has 0 unspecified atom stereocenters. The first-order chi connectivity index (χ1) is 8.54. The fourth-order valence-corrected chi connectivity index (χ4v) is 2.06. The van der Waals surface area contributed by atoms with E-state index in [1.54, 1.807) is 34.6 Å². The average Bonchev–Trinajstić information content (AvgIpc) is 2.50. The fourth-order valence-electron chi connectivity index (χ4n) is 2.06. The topological polar surface area (TPSA) is 91.0 Å². The van der Waals surface area contributed by atoms with Gasteiger partial charge in [-0.15, -0.1) is 0 Å². The van der Waals surface area contributed by atoms with Crippen LogP contribution in [0.15, 0.2) is 0 Å². The fraction of sp³-hybridized carbons (Fsp3) is 0.923. The van der Waals surface area contributed by atoms with E-state index in [0.717, 1.165) is 0 Å². The Hall–Kier alpha value is -0.690. The molecule has 0 saturated carbocycles. The van der Waals surface area contributed by atoms with Crippen molar-refractivity contribution in [1.82, 2.24) is 0 Å². The molecule has 1 saturated heterocycles. The minimum Gasteiger partial charge on any atom is -0.460 e. The summed E-state index contributed by atoms with van der Waals surface area (Å²) < 4.78 is 16.4. The Balaban J connectivity index is 2.58. The summed E-state index contributed by atoms with van der Waals surface area (Å²) in [5.41, 5.74) is 5.43. The van der Waals surface area contributed by atoms with Gasteiger partial charge >= 0.3 is 5.97 Å². The first-order valence-electron chi connectivity index (χ1n) is 6.48. The third-order valence-corrected chi connectivity index (χ3v) is 2.65. The van der Waals surface area contributed by atoms with E-state index in [0.29, 0.717) is 0 Å². The molecule has 0 aromatic heterocycles. The number of nitrogens with two attached hydrogens (primary N) is 1. The maximum absolute atomic E-state index is 11.7. The molecule has 1 aliphatic rings. The number of aliphatic hydroxyl groups is 1. The van der Waals surface area contributed by atoms with Crippen molar-refractivity contribution in [3.05, 3.63) is 0 Å². The highest BCUT2D eigenvalue weighted by atomic mass is 16.8. The summed E-state index contributed by atoms with van der Waals surface area (Å²) in [7, 11) is 0. The van der Waals surface area contributed by atoms with Crippen LogP contribution < -0.4 is 5.73 Å². The molecule has 0 radical (unpaired) electrons. The maximum atomic E-state index is 11.7. The lowest BCUT2D eigenvalue weighted by Gasteiger charge is -2.24. The van der Waals surface area contributed by atoms with Gasteiger partial charge < -0.3 is 25.1 Å². The van der Waals surface area contributed by atoms with Crippen molar-refractivity contribution in [2.45, 2.75) is 70.7 Å². The predicted molar refractivity (Wildman–Crippen MR) is 69.3 cm³/mol. The van der Waals surface area contributed by atoms with Crippen molar-refractivity contribution < 1.29 is 24.1 Å². The molecule has 6 nitrogen and oxygen atoms in total. The van der Waals surface area contributed by atoms with E-state index in [9.17, 15) is 9.90 Å². The maximum Gasteiger partial charge on any atom is 0.307 e. The van der Waals surface area contributed by atoms with Gasteiger partial charge in [-0.05, 0) is 34.6 Å². The Morgan fingerprint density at radius 3 is 2.47 bits per heavy atom. The molecule has 112 valence electrons. The quantitative estimate of drug-likeness (QED) is 0.728. The zero-order valence-electron chi connectivity index (χ0n) is 12.3. The zero-order valence-corrected chi connectivity index (χ0v) is 12.3. The Morgan fingerprint density at radius 1 is 1.42 bits per heavy atom. The Labute approximate surface area is 114 Å². The summed E-state index contributed by atoms with van der Waals surface area (Å²) in [6.45, 7) is 8.68. The van der Waals surface area contributed by atoms with Gasteiger partial charge in [0.15, 0.2) is 5.79 Å². The van der Waals surface area contributed by atoms with Crippen molar-refractivity contribution in [3.63, 3.8) is 0 Å². The molecule has 3 N–H and O–H groups in total. The predicted octanol–water partition coefficient (Wildman–Crippen LogP) is 0.558. The zero-order chi connectivity index (χ0) is 14.8. The van der Waals surface area contributed by atoms with E-state index < -0.39 is 29.6 Å². The van der Waals surface area contributed by atoms with Crippen LogP contribution in [0.4, 0.5) is 0 Å². The molecular formula is C13H25NO5. The molecule has 6 heteroatoms. The Bertz CT molecular complexity index is 323. The van der Waals surface area contributed by atoms with E-state index in [4.69, 9.17) is 19.9 Å². The van der Waals surface area contributed by atoms with Gasteiger partial charge in [0.1, 0.15) is 17.8 Å². The van der Waals surface area contributed by atoms with Crippen molar-refractivity contribution in [1.29, 1.82) is 0 Å². The second kappa shape index (κ2) is 5.75. The van der Waals surface area contributed by atoms with Gasteiger partial charge in [-0.1, -0.05) is 0 Å². The van der Waals surface area contributed by atoms with Gasteiger partial charge in [-0.25, -0.2) is 0 Å². The summed E-state index contributed by atoms with van der Waals surface area (Å²) in [6, 6.07) is -0.575. The van der Waals surface area contributed by atoms with E-state index in [1.165, 1.54) is 0 Å². The standard InChI is InChI=1S/C13H25NO5/c1-12(2,3)18-10(16)6-8(14)11-9(7-15)17-13(4,5)19-11/h8-9,11,15H,6-7,14H2,1-5H3/t8-,9+,11-/m1/s1. The molecule has 0 spiro atoms. The number of carbonyl (C=O) groups excluding carboxylic acids is 1. The first kappa shape index (κ1) is 16.4. The molecular weight excluding hydrogens is 250 g/mol. The highest BCUT2D eigenvalue weighted by Crippen LogP contribution is 2.30. The van der Waals surface area contributed by atoms with Gasteiger partial charge in [-0.2, -0.15) is 0 Å². The van der Waals surface area contributed by atoms with E-state index >= 15 is 0 Å². The van der Waals surface area contributed by atoms with Crippen LogP contribution >= 0.6 is 0 Å². The molecule has 1 heterocycles. The highest BCUT2D eigenvalue weighted by Gasteiger charge is 2.44. The molecule has 0 aromatic carbocycles. The average molecular weight is 275 g/mol. The summed E-state index contributed by atoms with van der Waals surface area (Å²) in [4.78, 5) is 11.7. The van der Waals surface area contributed by atoms with Crippen LogP contribution in [-0.2, 0) is 19.0 Å². The number of ether oxygens (including phenoxy) is 3. The molecule has 0 bridgehead atoms. The summed E-state index contributed by atoms with van der Waals surface area (Å²) >= 11 is 0. The van der Waals surface area contributed by atoms with Gasteiger partial charge in [0, 0.05) is 6.04 Å². The van der Waals surface area contributed by atoms with E-state index in [-0.39, 0.29) is 19.0 Å². The molecule has 0 aliphatic carbocycles. The summed E-state index contributed by atoms with van der Waals surface area (Å²) in [6.07, 6.45) is -1.02. The number of rotatable bonds is 4. The minimum atomic E-state index is -0.802. The summed E-state index contributed by atoms with van der Waals surface area (Å²) in [5, 5.41) is 9.26. The van der Waals surface area contributed by atoms with Crippen LogP contribution in [0.3, 0.4) is 0 Å². The smallest absolute Gasteiger partial charge is 0.307 e. The number of esters is 1. The molecule has 19 heavy (non-hydrogen) atoms. The number of carbonyl (C=O) groups is 1. The third-order valence-electron chi connectivity index (χ3n) is 2.65. The molecule has 0 aromatic rings. The van der Waals surface area contributed by atoms with E-state index in [1.807, 2.05) is 0 Å². The van der Waals surface area contributed by atoms with Gasteiger partial charge in [0.05, 0.1) is 13.0 Å². The second-order valence-electron chi connectivity index (χ2n) is 6.28. The molecule has 1 aliphatic heterocycles. The molecule has 1 fully saturated rings. The van der Waals surface area contributed by atoms with Crippen molar-refractivity contribution in [2.75, 3.05) is 6.61 Å². The Kier molecular flexibility index (Phi) is 4.95. The lowest BCUT2D eigenvalue weighted by atomic mass is 10.0. The normalized spacial score (nSPS) is 28.2. The number of hydrogen-bond donors (Lipinski definition) is 2. The molecule has 0 amide bonds. The van der Waals surface area contributed by atoms with Crippen LogP contribution in [0.1, 0.15) is 41.0 Å². The number of hydrogen-bond acceptors (Lipinski definition) is 6. The van der Waals surface area contributed by atoms with Gasteiger partial charge in [-0.3, -0.25) is 4.79 Å². The van der Waals surface area contributed by atoms with Crippen LogP contribution in [0.5, 0.6) is 0 Å². The van der Waals surface area contributed by atoms with Crippen LogP contribution in [0, 0.1) is 0 Å². The lowest BCUT2D eigenvalue weighted by Crippen LogP contribution is -2.45. The van der Waals surface area contributed by atoms with Crippen LogP contribution in [0.25, 0.3) is 0 Å². The van der Waals surface area contributed by atoms with Crippen LogP contribution in [-0.4, -0.2) is 47.3 Å². The van der Waals surface area contributed by atoms with Gasteiger partial charge in [0.2, 0.25) is 0 Å². The number of aliphatic hydroxyl groups excluding tert-OH is 1. The van der Waals surface area contributed by atoms with Crippen molar-refractivity contribution in [2.24, 2.45) is 5.73 Å². The third kappa shape index (κ3) is 5.06. The first-order valence-corrected chi connectivity index (χ1v) is 6.48. The lowest BCUT2D eigenvalue weighted by molar-refractivity contribution is -0.159. The Morgan fingerprint density at radius 2 is 2.00 bits per heavy atom. The monoisotopic (exact) mass is 275 g/mol. The largest absolute Gasteiger partial charge is 0.460 e. The van der Waals surface area contributed by atoms with Gasteiger partial charge in [0.25, 0.3) is 0 Å². The van der Waals surface area contributed by atoms with E-state index in [2.05, 4.69) is 0 Å². The second-order valence-corrected chi connectivity index (χ2v) is 6.28. The SMILES string of the molecule is CC(C)(C)OC(=O)C[C@@H](N)[C@H]1OC(C)(C)O[C@H]1CO. The highest BCUT2D eigenvalue weighted by molar-refractivity contribution is 5.70. The molecule has 1 rings (SSSR count). The van der Waals surface area contributed by atoms with Crippen molar-refractivity contribution in [3.8, 4) is 0 Å². The minimum absolute atomic E-state index is 0.0257. The van der Waals surface area contributed by atoms with Crippen molar-refractivity contribution >= 4 is 5.97 Å². The summed E-state index contributed by atoms with van der Waals surface area (Å²) in [5.74, 6) is -1.19. The molecule has 3 atom stereocenters.